The van der Waals surface area contributed by atoms with Gasteiger partial charge in [-0.3, -0.25) is 9.69 Å². The van der Waals surface area contributed by atoms with Gasteiger partial charge in [0.2, 0.25) is 0 Å². The quantitative estimate of drug-likeness (QED) is 0.610. The Kier molecular flexibility index (Phi) is 4.24. The van der Waals surface area contributed by atoms with Crippen molar-refractivity contribution >= 4 is 46.0 Å². The first-order valence-electron chi connectivity index (χ1n) is 6.62. The Balaban J connectivity index is 1.91. The second kappa shape index (κ2) is 6.32. The lowest BCUT2D eigenvalue weighted by Gasteiger charge is -2.14. The van der Waals surface area contributed by atoms with Crippen LogP contribution in [0.2, 0.25) is 0 Å². The summed E-state index contributed by atoms with van der Waals surface area (Å²) in [6.45, 7) is 0. The Morgan fingerprint density at radius 2 is 1.96 bits per heavy atom. The number of rotatable bonds is 2. The maximum absolute atomic E-state index is 13.4. The molecule has 0 radical (unpaired) electrons. The Morgan fingerprint density at radius 3 is 2.61 bits per heavy atom. The van der Waals surface area contributed by atoms with Gasteiger partial charge in [-0.2, -0.15) is 5.26 Å². The molecule has 2 aromatic carbocycles. The molecule has 0 aliphatic carbocycles. The minimum atomic E-state index is -0.423. The lowest BCUT2D eigenvalue weighted by molar-refractivity contribution is -0.113. The second-order valence-corrected chi connectivity index (χ2v) is 6.41. The second-order valence-electron chi connectivity index (χ2n) is 4.73. The number of amides is 1. The number of anilines is 1. The first-order valence-corrected chi connectivity index (χ1v) is 7.84. The van der Waals surface area contributed by atoms with Crippen molar-refractivity contribution in [3.05, 3.63) is 70.4 Å². The highest BCUT2D eigenvalue weighted by molar-refractivity contribution is 8.27. The molecular formula is C17H9FN2OS2. The summed E-state index contributed by atoms with van der Waals surface area (Å²) in [5.74, 6) is -0.706. The summed E-state index contributed by atoms with van der Waals surface area (Å²) in [6.07, 6.45) is 1.71. The van der Waals surface area contributed by atoms with Crippen LogP contribution in [0.15, 0.2) is 53.4 Å². The summed E-state index contributed by atoms with van der Waals surface area (Å²) in [5, 5.41) is 8.79. The molecule has 112 valence electrons. The number of hydrogen-bond acceptors (Lipinski definition) is 4. The summed E-state index contributed by atoms with van der Waals surface area (Å²) in [6, 6.07) is 14.7. The maximum Gasteiger partial charge on any atom is 0.270 e. The minimum Gasteiger partial charge on any atom is -0.268 e. The molecule has 3 nitrogen and oxygen atoms in total. The van der Waals surface area contributed by atoms with E-state index in [-0.39, 0.29) is 5.91 Å². The van der Waals surface area contributed by atoms with Gasteiger partial charge in [-0.1, -0.05) is 42.2 Å². The van der Waals surface area contributed by atoms with Gasteiger partial charge in [0.1, 0.15) is 5.82 Å². The number of carbonyl (C=O) groups is 1. The fraction of sp³-hybridized carbons (Fsp3) is 0. The number of benzene rings is 2. The molecule has 1 heterocycles. The van der Waals surface area contributed by atoms with Crippen LogP contribution in [-0.4, -0.2) is 10.2 Å². The Hall–Kier alpha value is -2.49. The van der Waals surface area contributed by atoms with Crippen molar-refractivity contribution in [1.82, 2.24) is 0 Å². The van der Waals surface area contributed by atoms with Crippen molar-refractivity contribution in [3.63, 3.8) is 0 Å². The molecule has 1 fully saturated rings. The molecule has 23 heavy (non-hydrogen) atoms. The zero-order valence-electron chi connectivity index (χ0n) is 11.7. The van der Waals surface area contributed by atoms with Crippen molar-refractivity contribution in [2.45, 2.75) is 0 Å². The van der Waals surface area contributed by atoms with E-state index in [4.69, 9.17) is 17.5 Å². The molecule has 0 bridgehead atoms. The molecule has 1 saturated heterocycles. The molecule has 2 aromatic rings. The minimum absolute atomic E-state index is 0.282. The van der Waals surface area contributed by atoms with Crippen LogP contribution in [0.4, 0.5) is 10.1 Å². The van der Waals surface area contributed by atoms with E-state index in [1.165, 1.54) is 34.9 Å². The van der Waals surface area contributed by atoms with Gasteiger partial charge in [0.05, 0.1) is 22.2 Å². The molecule has 1 aliphatic heterocycles. The number of carbonyl (C=O) groups excluding carboxylic acids is 1. The monoisotopic (exact) mass is 340 g/mol. The third kappa shape index (κ3) is 3.16. The van der Waals surface area contributed by atoms with Crippen molar-refractivity contribution in [2.24, 2.45) is 0 Å². The fourth-order valence-electron chi connectivity index (χ4n) is 2.11. The summed E-state index contributed by atoms with van der Waals surface area (Å²) >= 11 is 6.41. The topological polar surface area (TPSA) is 44.1 Å². The molecule has 0 unspecified atom stereocenters. The summed E-state index contributed by atoms with van der Waals surface area (Å²) in [5.41, 5.74) is 1.76. The molecule has 0 spiro atoms. The standard InChI is InChI=1S/C17H9FN2OS2/c18-13-2-1-3-14(9-13)20-16(21)15(23-17(20)22)8-11-4-6-12(10-19)7-5-11/h1-9H/b15-8+. The van der Waals surface area contributed by atoms with Crippen LogP contribution in [0.1, 0.15) is 11.1 Å². The van der Waals surface area contributed by atoms with Crippen LogP contribution in [-0.2, 0) is 4.79 Å². The molecular weight excluding hydrogens is 331 g/mol. The third-order valence-corrected chi connectivity index (χ3v) is 4.50. The van der Waals surface area contributed by atoms with Gasteiger partial charge in [-0.15, -0.1) is 0 Å². The first-order chi connectivity index (χ1) is 11.1. The van der Waals surface area contributed by atoms with Crippen LogP contribution in [0, 0.1) is 17.1 Å². The average Bonchev–Trinajstić information content (AvgIpc) is 2.82. The predicted octanol–water partition coefficient (Wildman–Crippen LogP) is 4.10. The van der Waals surface area contributed by atoms with E-state index >= 15 is 0 Å². The van der Waals surface area contributed by atoms with Crippen LogP contribution in [0.3, 0.4) is 0 Å². The number of halogens is 1. The van der Waals surface area contributed by atoms with Gasteiger partial charge in [-0.05, 0) is 42.0 Å². The van der Waals surface area contributed by atoms with Crippen molar-refractivity contribution in [3.8, 4) is 6.07 Å². The highest BCUT2D eigenvalue weighted by Crippen LogP contribution is 2.36. The molecule has 0 N–H and O–H groups in total. The zero-order chi connectivity index (χ0) is 16.4. The van der Waals surface area contributed by atoms with Crippen molar-refractivity contribution in [1.29, 1.82) is 5.26 Å². The van der Waals surface area contributed by atoms with Crippen LogP contribution in [0.5, 0.6) is 0 Å². The summed E-state index contributed by atoms with van der Waals surface area (Å²) in [4.78, 5) is 14.3. The number of nitrogens with zero attached hydrogens (tertiary/aromatic N) is 2. The smallest absolute Gasteiger partial charge is 0.268 e. The van der Waals surface area contributed by atoms with Crippen molar-refractivity contribution < 1.29 is 9.18 Å². The zero-order valence-corrected chi connectivity index (χ0v) is 13.3. The number of thioether (sulfide) groups is 1. The van der Waals surface area contributed by atoms with E-state index in [0.29, 0.717) is 20.5 Å². The lowest BCUT2D eigenvalue weighted by Crippen LogP contribution is -2.27. The highest BCUT2D eigenvalue weighted by atomic mass is 32.2. The number of thiocarbonyl (C=S) groups is 1. The SMILES string of the molecule is N#Cc1ccc(/C=C2/SC(=S)N(c3cccc(F)c3)C2=O)cc1. The van der Waals surface area contributed by atoms with Gasteiger partial charge in [0.15, 0.2) is 4.32 Å². The van der Waals surface area contributed by atoms with Crippen molar-refractivity contribution in [2.75, 3.05) is 4.90 Å². The molecule has 3 rings (SSSR count). The van der Waals surface area contributed by atoms with Gasteiger partial charge >= 0.3 is 0 Å². The van der Waals surface area contributed by atoms with E-state index in [9.17, 15) is 9.18 Å². The maximum atomic E-state index is 13.4. The summed E-state index contributed by atoms with van der Waals surface area (Å²) < 4.78 is 13.7. The van der Waals surface area contributed by atoms with Crippen LogP contribution in [0.25, 0.3) is 6.08 Å². The van der Waals surface area contributed by atoms with E-state index in [2.05, 4.69) is 0 Å². The lowest BCUT2D eigenvalue weighted by atomic mass is 10.1. The van der Waals surface area contributed by atoms with Crippen LogP contribution < -0.4 is 4.90 Å². The molecule has 1 amide bonds. The molecule has 0 atom stereocenters. The largest absolute Gasteiger partial charge is 0.270 e. The van der Waals surface area contributed by atoms with Crippen LogP contribution >= 0.6 is 24.0 Å². The normalized spacial score (nSPS) is 16.0. The highest BCUT2D eigenvalue weighted by Gasteiger charge is 2.33. The van der Waals surface area contributed by atoms with E-state index in [1.54, 1.807) is 36.4 Å². The van der Waals surface area contributed by atoms with E-state index < -0.39 is 5.82 Å². The predicted molar refractivity (Wildman–Crippen MR) is 93.2 cm³/mol. The fourth-order valence-corrected chi connectivity index (χ4v) is 3.41. The number of hydrogen-bond donors (Lipinski definition) is 0. The Labute approximate surface area is 142 Å². The average molecular weight is 340 g/mol. The first kappa shape index (κ1) is 15.4. The van der Waals surface area contributed by atoms with E-state index in [0.717, 1.165) is 5.56 Å². The number of nitriles is 1. The third-order valence-electron chi connectivity index (χ3n) is 3.20. The molecule has 0 aromatic heterocycles. The van der Waals surface area contributed by atoms with Gasteiger partial charge < -0.3 is 0 Å². The van der Waals surface area contributed by atoms with E-state index in [1.807, 2.05) is 6.07 Å². The molecule has 0 saturated carbocycles. The Morgan fingerprint density at radius 1 is 1.22 bits per heavy atom. The van der Waals surface area contributed by atoms with Gasteiger partial charge in [-0.25, -0.2) is 4.39 Å². The van der Waals surface area contributed by atoms with Gasteiger partial charge in [0.25, 0.3) is 5.91 Å². The molecule has 1 aliphatic rings. The Bertz CT molecular complexity index is 869. The molecule has 6 heteroatoms. The van der Waals surface area contributed by atoms with Gasteiger partial charge in [0, 0.05) is 0 Å². The summed E-state index contributed by atoms with van der Waals surface area (Å²) in [7, 11) is 0.